The predicted molar refractivity (Wildman–Crippen MR) is 86.8 cm³/mol. The van der Waals surface area contributed by atoms with Crippen LogP contribution in [-0.2, 0) is 21.3 Å². The van der Waals surface area contributed by atoms with Crippen LogP contribution in [0.1, 0.15) is 32.8 Å². The SMILES string of the molecule is CCCN(c1ccc(CN)cc1)S(=O)(=O)CCOC(C)C. The molecule has 5 nitrogen and oxygen atoms in total. The van der Waals surface area contributed by atoms with Crippen molar-refractivity contribution >= 4 is 15.7 Å². The second-order valence-corrected chi connectivity index (χ2v) is 7.19. The molecule has 6 heteroatoms. The van der Waals surface area contributed by atoms with Gasteiger partial charge in [-0.15, -0.1) is 0 Å². The van der Waals surface area contributed by atoms with Crippen molar-refractivity contribution in [1.82, 2.24) is 0 Å². The number of ether oxygens (including phenoxy) is 1. The third kappa shape index (κ3) is 5.65. The zero-order valence-electron chi connectivity index (χ0n) is 13.1. The lowest BCUT2D eigenvalue weighted by Gasteiger charge is -2.24. The van der Waals surface area contributed by atoms with E-state index in [1.165, 1.54) is 4.31 Å². The molecule has 1 aromatic rings. The first-order valence-corrected chi connectivity index (χ1v) is 8.92. The second-order valence-electron chi connectivity index (χ2n) is 5.18. The molecular weight excluding hydrogens is 288 g/mol. The molecule has 0 saturated heterocycles. The van der Waals surface area contributed by atoms with Crippen LogP contribution >= 0.6 is 0 Å². The van der Waals surface area contributed by atoms with Crippen molar-refractivity contribution in [3.05, 3.63) is 29.8 Å². The molecule has 21 heavy (non-hydrogen) atoms. The lowest BCUT2D eigenvalue weighted by molar-refractivity contribution is 0.0912. The number of hydrogen-bond acceptors (Lipinski definition) is 4. The monoisotopic (exact) mass is 314 g/mol. The Labute approximate surface area is 128 Å². The number of sulfonamides is 1. The minimum absolute atomic E-state index is 0.0101. The maximum Gasteiger partial charge on any atom is 0.237 e. The molecule has 0 radical (unpaired) electrons. The molecule has 0 heterocycles. The summed E-state index contributed by atoms with van der Waals surface area (Å²) < 4.78 is 31.8. The van der Waals surface area contributed by atoms with E-state index in [9.17, 15) is 8.42 Å². The molecule has 0 fully saturated rings. The van der Waals surface area contributed by atoms with Gasteiger partial charge in [-0.2, -0.15) is 0 Å². The standard InChI is InChI=1S/C15H26N2O3S/c1-4-9-17(15-7-5-14(12-16)6-8-15)21(18,19)11-10-20-13(2)3/h5-8,13H,4,9-12,16H2,1-3H3. The number of rotatable bonds is 9. The number of nitrogens with zero attached hydrogens (tertiary/aromatic N) is 1. The zero-order valence-corrected chi connectivity index (χ0v) is 13.9. The van der Waals surface area contributed by atoms with E-state index in [4.69, 9.17) is 10.5 Å². The summed E-state index contributed by atoms with van der Waals surface area (Å²) in [7, 11) is -3.38. The molecule has 0 aromatic heterocycles. The Hall–Kier alpha value is -1.11. The highest BCUT2D eigenvalue weighted by molar-refractivity contribution is 7.92. The number of anilines is 1. The Bertz CT molecular complexity index is 512. The first kappa shape index (κ1) is 17.9. The average Bonchev–Trinajstić information content (AvgIpc) is 2.44. The quantitative estimate of drug-likeness (QED) is 0.758. The second kappa shape index (κ2) is 8.36. The predicted octanol–water partition coefficient (Wildman–Crippen LogP) is 2.12. The van der Waals surface area contributed by atoms with Crippen molar-refractivity contribution < 1.29 is 13.2 Å². The van der Waals surface area contributed by atoms with Gasteiger partial charge < -0.3 is 10.5 Å². The molecule has 0 aliphatic carbocycles. The number of benzene rings is 1. The molecule has 1 aromatic carbocycles. The summed E-state index contributed by atoms with van der Waals surface area (Å²) in [4.78, 5) is 0. The molecule has 0 amide bonds. The molecule has 2 N–H and O–H groups in total. The van der Waals surface area contributed by atoms with Crippen LogP contribution in [0.4, 0.5) is 5.69 Å². The van der Waals surface area contributed by atoms with Gasteiger partial charge in [0.25, 0.3) is 0 Å². The van der Waals surface area contributed by atoms with Gasteiger partial charge in [-0.1, -0.05) is 19.1 Å². The van der Waals surface area contributed by atoms with Crippen LogP contribution in [0.25, 0.3) is 0 Å². The van der Waals surface area contributed by atoms with E-state index < -0.39 is 10.0 Å². The van der Waals surface area contributed by atoms with Crippen LogP contribution in [-0.4, -0.2) is 33.4 Å². The lowest BCUT2D eigenvalue weighted by Crippen LogP contribution is -2.35. The van der Waals surface area contributed by atoms with Crippen molar-refractivity contribution in [2.45, 2.75) is 39.8 Å². The van der Waals surface area contributed by atoms with Crippen molar-refractivity contribution in [3.63, 3.8) is 0 Å². The topological polar surface area (TPSA) is 72.6 Å². The number of nitrogens with two attached hydrogens (primary N) is 1. The highest BCUT2D eigenvalue weighted by Crippen LogP contribution is 2.19. The minimum atomic E-state index is -3.38. The van der Waals surface area contributed by atoms with Crippen LogP contribution in [0.15, 0.2) is 24.3 Å². The normalized spacial score (nSPS) is 11.9. The molecule has 0 aliphatic rings. The number of hydrogen-bond donors (Lipinski definition) is 1. The summed E-state index contributed by atoms with van der Waals surface area (Å²) in [5.74, 6) is -0.0101. The highest BCUT2D eigenvalue weighted by atomic mass is 32.2. The van der Waals surface area contributed by atoms with Gasteiger partial charge in [-0.05, 0) is 38.0 Å². The molecule has 0 bridgehead atoms. The van der Waals surface area contributed by atoms with Crippen LogP contribution in [0.2, 0.25) is 0 Å². The van der Waals surface area contributed by atoms with Gasteiger partial charge in [0.05, 0.1) is 24.2 Å². The smallest absolute Gasteiger partial charge is 0.237 e. The molecule has 0 unspecified atom stereocenters. The summed E-state index contributed by atoms with van der Waals surface area (Å²) in [5.41, 5.74) is 7.23. The summed E-state index contributed by atoms with van der Waals surface area (Å²) in [5, 5.41) is 0. The first-order chi connectivity index (χ1) is 9.90. The fraction of sp³-hybridized carbons (Fsp3) is 0.600. The third-order valence-electron chi connectivity index (χ3n) is 3.01. The van der Waals surface area contributed by atoms with Gasteiger partial charge in [0.2, 0.25) is 10.0 Å². The lowest BCUT2D eigenvalue weighted by atomic mass is 10.2. The van der Waals surface area contributed by atoms with Gasteiger partial charge in [-0.25, -0.2) is 8.42 Å². The van der Waals surface area contributed by atoms with Crippen LogP contribution in [0, 0.1) is 0 Å². The largest absolute Gasteiger partial charge is 0.378 e. The maximum atomic E-state index is 12.5. The van der Waals surface area contributed by atoms with E-state index >= 15 is 0 Å². The van der Waals surface area contributed by atoms with Crippen molar-refractivity contribution in [1.29, 1.82) is 0 Å². The maximum absolute atomic E-state index is 12.5. The van der Waals surface area contributed by atoms with Crippen molar-refractivity contribution in [2.24, 2.45) is 5.73 Å². The third-order valence-corrected chi connectivity index (χ3v) is 4.76. The fourth-order valence-electron chi connectivity index (χ4n) is 1.93. The van der Waals surface area contributed by atoms with Gasteiger partial charge in [-0.3, -0.25) is 4.31 Å². The van der Waals surface area contributed by atoms with Crippen LogP contribution in [0.5, 0.6) is 0 Å². The Kier molecular flexibility index (Phi) is 7.14. The Balaban J connectivity index is 2.87. The van der Waals surface area contributed by atoms with Gasteiger partial charge in [0.15, 0.2) is 0 Å². The minimum Gasteiger partial charge on any atom is -0.378 e. The molecule has 0 saturated carbocycles. The summed E-state index contributed by atoms with van der Waals surface area (Å²) in [6, 6.07) is 7.33. The van der Waals surface area contributed by atoms with Gasteiger partial charge >= 0.3 is 0 Å². The fourth-order valence-corrected chi connectivity index (χ4v) is 3.36. The Morgan fingerprint density at radius 1 is 1.24 bits per heavy atom. The summed E-state index contributed by atoms with van der Waals surface area (Å²) in [6.45, 7) is 6.86. The van der Waals surface area contributed by atoms with E-state index in [2.05, 4.69) is 0 Å². The molecule has 0 spiro atoms. The van der Waals surface area contributed by atoms with Gasteiger partial charge in [0.1, 0.15) is 0 Å². The van der Waals surface area contributed by atoms with Crippen LogP contribution in [0.3, 0.4) is 0 Å². The molecule has 1 rings (SSSR count). The summed E-state index contributed by atoms with van der Waals surface area (Å²) >= 11 is 0. The molecule has 120 valence electrons. The van der Waals surface area contributed by atoms with Crippen LogP contribution < -0.4 is 10.0 Å². The average molecular weight is 314 g/mol. The van der Waals surface area contributed by atoms with Crippen molar-refractivity contribution in [2.75, 3.05) is 23.2 Å². The van der Waals surface area contributed by atoms with Crippen molar-refractivity contribution in [3.8, 4) is 0 Å². The Morgan fingerprint density at radius 2 is 1.86 bits per heavy atom. The summed E-state index contributed by atoms with van der Waals surface area (Å²) in [6.07, 6.45) is 0.784. The molecule has 0 aliphatic heterocycles. The molecular formula is C15H26N2O3S. The van der Waals surface area contributed by atoms with E-state index in [-0.39, 0.29) is 18.5 Å². The van der Waals surface area contributed by atoms with E-state index in [0.717, 1.165) is 12.0 Å². The highest BCUT2D eigenvalue weighted by Gasteiger charge is 2.21. The Morgan fingerprint density at radius 3 is 2.33 bits per heavy atom. The van der Waals surface area contributed by atoms with E-state index in [0.29, 0.717) is 18.8 Å². The van der Waals surface area contributed by atoms with Gasteiger partial charge in [0, 0.05) is 13.1 Å². The van der Waals surface area contributed by atoms with E-state index in [1.54, 1.807) is 12.1 Å². The molecule has 0 atom stereocenters. The first-order valence-electron chi connectivity index (χ1n) is 7.31. The zero-order chi connectivity index (χ0) is 15.9. The van der Waals surface area contributed by atoms with E-state index in [1.807, 2.05) is 32.9 Å².